The third-order valence-corrected chi connectivity index (χ3v) is 6.15. The van der Waals surface area contributed by atoms with Gasteiger partial charge < -0.3 is 4.74 Å². The van der Waals surface area contributed by atoms with E-state index < -0.39 is 0 Å². The topological polar surface area (TPSA) is 29.5 Å². The zero-order valence-electron chi connectivity index (χ0n) is 18.5. The summed E-state index contributed by atoms with van der Waals surface area (Å²) in [4.78, 5) is 15.3. The highest BCUT2D eigenvalue weighted by Gasteiger charge is 2.30. The van der Waals surface area contributed by atoms with Crippen LogP contribution in [0.5, 0.6) is 5.75 Å². The Hall–Kier alpha value is -3.30. The molecule has 32 heavy (non-hydrogen) atoms. The fraction of sp³-hybridized carbons (Fsp3) is 0.179. The van der Waals surface area contributed by atoms with Gasteiger partial charge in [-0.1, -0.05) is 61.8 Å². The second-order valence-corrected chi connectivity index (χ2v) is 8.39. The van der Waals surface area contributed by atoms with Crippen LogP contribution in [-0.4, -0.2) is 13.0 Å². The number of anilines is 1. The van der Waals surface area contributed by atoms with Gasteiger partial charge in [0.2, 0.25) is 0 Å². The maximum Gasteiger partial charge on any atom is 0.262 e. The first-order valence-electron chi connectivity index (χ1n) is 10.8. The van der Waals surface area contributed by atoms with Crippen molar-refractivity contribution in [1.82, 2.24) is 0 Å². The molecule has 0 bridgehead atoms. The van der Waals surface area contributed by atoms with Crippen molar-refractivity contribution in [3.05, 3.63) is 106 Å². The standard InChI is InChI=1S/C28H26ClNO2/c1-4-19(2)21-9-13-25(14-10-21)30-27(22-7-11-24(29)12-8-22)18-23(28(30)31)17-20-5-15-26(32-3)16-6-20/h5-19H,4H2,1-3H3/b23-17-/t19-/m0/s1. The summed E-state index contributed by atoms with van der Waals surface area (Å²) in [5.74, 6) is 1.21. The van der Waals surface area contributed by atoms with Gasteiger partial charge in [0.05, 0.1) is 12.8 Å². The predicted octanol–water partition coefficient (Wildman–Crippen LogP) is 7.33. The molecule has 1 heterocycles. The quantitative estimate of drug-likeness (QED) is 0.373. The number of ether oxygens (including phenoxy) is 1. The summed E-state index contributed by atoms with van der Waals surface area (Å²) in [5, 5.41) is 0.664. The zero-order valence-corrected chi connectivity index (χ0v) is 19.3. The predicted molar refractivity (Wildman–Crippen MR) is 133 cm³/mol. The number of carbonyl (C=O) groups excluding carboxylic acids is 1. The number of methoxy groups -OCH3 is 1. The first kappa shape index (κ1) is 21.9. The minimum atomic E-state index is -0.0536. The molecule has 0 saturated heterocycles. The molecule has 0 spiro atoms. The summed E-state index contributed by atoms with van der Waals surface area (Å²) in [6, 6.07) is 23.5. The molecule has 3 nitrogen and oxygen atoms in total. The molecule has 1 aliphatic rings. The molecule has 0 radical (unpaired) electrons. The Morgan fingerprint density at radius 3 is 2.22 bits per heavy atom. The molecule has 0 N–H and O–H groups in total. The van der Waals surface area contributed by atoms with E-state index in [4.69, 9.17) is 16.3 Å². The molecule has 0 saturated carbocycles. The van der Waals surface area contributed by atoms with Gasteiger partial charge in [0.15, 0.2) is 0 Å². The fourth-order valence-corrected chi connectivity index (χ4v) is 3.90. The van der Waals surface area contributed by atoms with Crippen molar-refractivity contribution < 1.29 is 9.53 Å². The Morgan fingerprint density at radius 1 is 0.969 bits per heavy atom. The van der Waals surface area contributed by atoms with Crippen LogP contribution >= 0.6 is 11.6 Å². The molecule has 4 heteroatoms. The van der Waals surface area contributed by atoms with Gasteiger partial charge in [-0.15, -0.1) is 0 Å². The molecular weight excluding hydrogens is 418 g/mol. The molecule has 0 aromatic heterocycles. The number of hydrogen-bond acceptors (Lipinski definition) is 2. The highest BCUT2D eigenvalue weighted by Crippen LogP contribution is 2.36. The molecule has 0 unspecified atom stereocenters. The first-order valence-corrected chi connectivity index (χ1v) is 11.2. The molecule has 4 rings (SSSR count). The van der Waals surface area contributed by atoms with Gasteiger partial charge in [0.25, 0.3) is 5.91 Å². The van der Waals surface area contributed by atoms with Crippen LogP contribution in [-0.2, 0) is 4.79 Å². The van der Waals surface area contributed by atoms with Gasteiger partial charge in [-0.3, -0.25) is 9.69 Å². The van der Waals surface area contributed by atoms with Gasteiger partial charge in [-0.2, -0.15) is 0 Å². The fourth-order valence-electron chi connectivity index (χ4n) is 3.77. The molecule has 3 aromatic carbocycles. The lowest BCUT2D eigenvalue weighted by Gasteiger charge is -2.22. The second-order valence-electron chi connectivity index (χ2n) is 7.95. The number of hydrogen-bond donors (Lipinski definition) is 0. The Kier molecular flexibility index (Phi) is 6.48. The summed E-state index contributed by atoms with van der Waals surface area (Å²) >= 11 is 6.10. The van der Waals surface area contributed by atoms with Gasteiger partial charge in [-0.05, 0) is 77.6 Å². The summed E-state index contributed by atoms with van der Waals surface area (Å²) in [7, 11) is 1.64. The Morgan fingerprint density at radius 2 is 1.62 bits per heavy atom. The molecule has 1 aliphatic heterocycles. The van der Waals surface area contributed by atoms with Crippen molar-refractivity contribution in [2.75, 3.05) is 12.0 Å². The molecule has 162 valence electrons. The molecular formula is C28H26ClNO2. The van der Waals surface area contributed by atoms with E-state index in [0.717, 1.165) is 34.7 Å². The maximum absolute atomic E-state index is 13.5. The third-order valence-electron chi connectivity index (χ3n) is 5.89. The largest absolute Gasteiger partial charge is 0.497 e. The second kappa shape index (κ2) is 9.46. The summed E-state index contributed by atoms with van der Waals surface area (Å²) < 4.78 is 5.24. The van der Waals surface area contributed by atoms with Crippen LogP contribution in [0.2, 0.25) is 5.02 Å². The summed E-state index contributed by atoms with van der Waals surface area (Å²) in [5.41, 5.74) is 5.46. The van der Waals surface area contributed by atoms with E-state index in [1.165, 1.54) is 5.56 Å². The third kappa shape index (κ3) is 4.49. The van der Waals surface area contributed by atoms with E-state index in [-0.39, 0.29) is 5.91 Å². The van der Waals surface area contributed by atoms with E-state index >= 15 is 0 Å². The van der Waals surface area contributed by atoms with E-state index in [1.54, 1.807) is 12.0 Å². The maximum atomic E-state index is 13.5. The normalized spacial score (nSPS) is 15.8. The number of benzene rings is 3. The van der Waals surface area contributed by atoms with E-state index in [2.05, 4.69) is 26.0 Å². The van der Waals surface area contributed by atoms with Crippen LogP contribution in [0.1, 0.15) is 42.9 Å². The van der Waals surface area contributed by atoms with E-state index in [0.29, 0.717) is 16.5 Å². The Bertz CT molecular complexity index is 1160. The van der Waals surface area contributed by atoms with Crippen LogP contribution < -0.4 is 9.64 Å². The first-order chi connectivity index (χ1) is 15.5. The Balaban J connectivity index is 1.75. The lowest BCUT2D eigenvalue weighted by Crippen LogP contribution is -2.25. The molecule has 1 atom stereocenters. The van der Waals surface area contributed by atoms with Crippen LogP contribution in [0.4, 0.5) is 5.69 Å². The van der Waals surface area contributed by atoms with Crippen LogP contribution in [0, 0.1) is 0 Å². The zero-order chi connectivity index (χ0) is 22.7. The highest BCUT2D eigenvalue weighted by atomic mass is 35.5. The minimum absolute atomic E-state index is 0.0536. The number of halogens is 1. The van der Waals surface area contributed by atoms with Crippen molar-refractivity contribution in [1.29, 1.82) is 0 Å². The van der Waals surface area contributed by atoms with Gasteiger partial charge in [0, 0.05) is 16.3 Å². The number of rotatable bonds is 6. The summed E-state index contributed by atoms with van der Waals surface area (Å²) in [6.07, 6.45) is 4.93. The van der Waals surface area contributed by atoms with Crippen molar-refractivity contribution in [2.24, 2.45) is 0 Å². The number of carbonyl (C=O) groups is 1. The highest BCUT2D eigenvalue weighted by molar-refractivity contribution is 6.30. The average molecular weight is 444 g/mol. The van der Waals surface area contributed by atoms with Crippen molar-refractivity contribution >= 4 is 35.0 Å². The van der Waals surface area contributed by atoms with Gasteiger partial charge in [-0.25, -0.2) is 0 Å². The lowest BCUT2D eigenvalue weighted by molar-refractivity contribution is -0.113. The SMILES string of the molecule is CC[C@H](C)c1ccc(N2C(=O)/C(=C\c3ccc(OC)cc3)C=C2c2ccc(Cl)cc2)cc1. The lowest BCUT2D eigenvalue weighted by atomic mass is 9.98. The van der Waals surface area contributed by atoms with E-state index in [1.807, 2.05) is 72.8 Å². The molecule has 0 fully saturated rings. The monoisotopic (exact) mass is 443 g/mol. The van der Waals surface area contributed by atoms with Crippen LogP contribution in [0.15, 0.2) is 84.4 Å². The van der Waals surface area contributed by atoms with Gasteiger partial charge >= 0.3 is 0 Å². The average Bonchev–Trinajstić information content (AvgIpc) is 3.15. The molecule has 0 aliphatic carbocycles. The summed E-state index contributed by atoms with van der Waals surface area (Å²) in [6.45, 7) is 4.39. The Labute approximate surface area is 194 Å². The van der Waals surface area contributed by atoms with Crippen LogP contribution in [0.25, 0.3) is 11.8 Å². The number of nitrogens with zero attached hydrogens (tertiary/aromatic N) is 1. The van der Waals surface area contributed by atoms with Crippen molar-refractivity contribution in [3.63, 3.8) is 0 Å². The number of amides is 1. The smallest absolute Gasteiger partial charge is 0.262 e. The van der Waals surface area contributed by atoms with E-state index in [9.17, 15) is 4.79 Å². The molecule has 3 aromatic rings. The van der Waals surface area contributed by atoms with Crippen LogP contribution in [0.3, 0.4) is 0 Å². The minimum Gasteiger partial charge on any atom is -0.497 e. The van der Waals surface area contributed by atoms with Crippen molar-refractivity contribution in [3.8, 4) is 5.75 Å². The van der Waals surface area contributed by atoms with Gasteiger partial charge in [0.1, 0.15) is 5.75 Å². The molecule has 1 amide bonds. The van der Waals surface area contributed by atoms with Crippen molar-refractivity contribution in [2.45, 2.75) is 26.2 Å².